The van der Waals surface area contributed by atoms with Crippen LogP contribution in [0, 0.1) is 18.8 Å². The van der Waals surface area contributed by atoms with Crippen LogP contribution in [-0.4, -0.2) is 17.6 Å². The van der Waals surface area contributed by atoms with Crippen molar-refractivity contribution in [1.29, 1.82) is 0 Å². The quantitative estimate of drug-likeness (QED) is 0.617. The van der Waals surface area contributed by atoms with Crippen molar-refractivity contribution in [2.75, 3.05) is 11.9 Å². The van der Waals surface area contributed by atoms with E-state index in [1.165, 1.54) is 0 Å². The molecule has 0 aliphatic rings. The zero-order valence-corrected chi connectivity index (χ0v) is 12.3. The average Bonchev–Trinajstić information content (AvgIpc) is 2.42. The Bertz CT molecular complexity index is 497. The van der Waals surface area contributed by atoms with E-state index in [4.69, 9.17) is 5.11 Å². The Balaban J connectivity index is 2.59. The van der Waals surface area contributed by atoms with Gasteiger partial charge in [0, 0.05) is 24.1 Å². The van der Waals surface area contributed by atoms with Gasteiger partial charge < -0.3 is 10.4 Å². The molecule has 0 aromatic heterocycles. The molecule has 2 N–H and O–H groups in total. The Labute approximate surface area is 121 Å². The Morgan fingerprint density at radius 3 is 2.80 bits per heavy atom. The van der Waals surface area contributed by atoms with E-state index >= 15 is 0 Å². The normalized spacial score (nSPS) is 9.75. The molecule has 0 aliphatic heterocycles. The lowest BCUT2D eigenvalue weighted by atomic mass is 10.1. The molecular formula is C17H23NO2. The van der Waals surface area contributed by atoms with Crippen LogP contribution in [0.3, 0.4) is 0 Å². The predicted octanol–water partition coefficient (Wildman–Crippen LogP) is 3.25. The molecule has 0 spiro atoms. The van der Waals surface area contributed by atoms with Gasteiger partial charge in [0.2, 0.25) is 5.91 Å². The molecular weight excluding hydrogens is 250 g/mol. The van der Waals surface area contributed by atoms with Gasteiger partial charge in [0.25, 0.3) is 0 Å². The first kappa shape index (κ1) is 16.3. The van der Waals surface area contributed by atoms with Gasteiger partial charge in [-0.2, -0.15) is 0 Å². The second kappa shape index (κ2) is 9.17. The van der Waals surface area contributed by atoms with Gasteiger partial charge in [-0.1, -0.05) is 31.6 Å². The summed E-state index contributed by atoms with van der Waals surface area (Å²) in [5.74, 6) is 5.98. The second-order valence-electron chi connectivity index (χ2n) is 4.81. The van der Waals surface area contributed by atoms with E-state index in [0.29, 0.717) is 12.8 Å². The topological polar surface area (TPSA) is 49.3 Å². The van der Waals surface area contributed by atoms with Crippen LogP contribution in [0.2, 0.25) is 0 Å². The number of rotatable bonds is 6. The van der Waals surface area contributed by atoms with E-state index in [1.54, 1.807) is 0 Å². The molecule has 0 saturated carbocycles. The third kappa shape index (κ3) is 5.90. The first-order valence-electron chi connectivity index (χ1n) is 7.17. The fourth-order valence-corrected chi connectivity index (χ4v) is 1.85. The SMILES string of the molecule is CCCCCC(=O)Nc1ccc(C#CCCO)c(C)c1. The highest BCUT2D eigenvalue weighted by atomic mass is 16.2. The molecule has 0 unspecified atom stereocenters. The summed E-state index contributed by atoms with van der Waals surface area (Å²) in [5, 5.41) is 11.6. The number of aliphatic hydroxyl groups excluding tert-OH is 1. The summed E-state index contributed by atoms with van der Waals surface area (Å²) in [7, 11) is 0. The molecule has 0 fully saturated rings. The van der Waals surface area contributed by atoms with Crippen molar-refractivity contribution in [2.24, 2.45) is 0 Å². The molecule has 0 atom stereocenters. The van der Waals surface area contributed by atoms with E-state index < -0.39 is 0 Å². The molecule has 1 rings (SSSR count). The molecule has 1 aromatic rings. The molecule has 108 valence electrons. The van der Waals surface area contributed by atoms with Crippen LogP contribution in [-0.2, 0) is 4.79 Å². The maximum Gasteiger partial charge on any atom is 0.224 e. The summed E-state index contributed by atoms with van der Waals surface area (Å²) < 4.78 is 0. The molecule has 0 heterocycles. The number of anilines is 1. The lowest BCUT2D eigenvalue weighted by Crippen LogP contribution is -2.11. The summed E-state index contributed by atoms with van der Waals surface area (Å²) in [6.45, 7) is 4.17. The number of hydrogen-bond donors (Lipinski definition) is 2. The minimum absolute atomic E-state index is 0.0666. The van der Waals surface area contributed by atoms with Gasteiger partial charge in [-0.15, -0.1) is 0 Å². The Hall–Kier alpha value is -1.79. The zero-order valence-electron chi connectivity index (χ0n) is 12.3. The summed E-state index contributed by atoms with van der Waals surface area (Å²) >= 11 is 0. The highest BCUT2D eigenvalue weighted by Gasteiger charge is 2.03. The number of aliphatic hydroxyl groups is 1. The van der Waals surface area contributed by atoms with Gasteiger partial charge in [-0.25, -0.2) is 0 Å². The molecule has 20 heavy (non-hydrogen) atoms. The first-order valence-corrected chi connectivity index (χ1v) is 7.17. The lowest BCUT2D eigenvalue weighted by Gasteiger charge is -2.07. The molecule has 1 aromatic carbocycles. The van der Waals surface area contributed by atoms with Crippen molar-refractivity contribution >= 4 is 11.6 Å². The monoisotopic (exact) mass is 273 g/mol. The predicted molar refractivity (Wildman–Crippen MR) is 82.5 cm³/mol. The summed E-state index contributed by atoms with van der Waals surface area (Å²) in [5.41, 5.74) is 2.78. The minimum Gasteiger partial charge on any atom is -0.395 e. The second-order valence-corrected chi connectivity index (χ2v) is 4.81. The van der Waals surface area contributed by atoms with Gasteiger partial charge in [-0.05, 0) is 37.1 Å². The number of unbranched alkanes of at least 4 members (excludes halogenated alkanes) is 2. The summed E-state index contributed by atoms with van der Waals surface area (Å²) in [6.07, 6.45) is 4.20. The number of carbonyl (C=O) groups is 1. The zero-order chi connectivity index (χ0) is 14.8. The van der Waals surface area contributed by atoms with E-state index in [0.717, 1.165) is 36.1 Å². The summed E-state index contributed by atoms with van der Waals surface area (Å²) in [4.78, 5) is 11.7. The minimum atomic E-state index is 0.0666. The van der Waals surface area contributed by atoms with Crippen LogP contribution in [0.15, 0.2) is 18.2 Å². The maximum absolute atomic E-state index is 11.7. The summed E-state index contributed by atoms with van der Waals surface area (Å²) in [6, 6.07) is 5.70. The van der Waals surface area contributed by atoms with Gasteiger partial charge in [0.1, 0.15) is 0 Å². The van der Waals surface area contributed by atoms with Crippen molar-refractivity contribution < 1.29 is 9.90 Å². The molecule has 1 amide bonds. The number of hydrogen-bond acceptors (Lipinski definition) is 2. The van der Waals surface area contributed by atoms with Crippen molar-refractivity contribution in [1.82, 2.24) is 0 Å². The van der Waals surface area contributed by atoms with Crippen LogP contribution < -0.4 is 5.32 Å². The van der Waals surface area contributed by atoms with E-state index in [2.05, 4.69) is 24.1 Å². The smallest absolute Gasteiger partial charge is 0.224 e. The molecule has 0 saturated heterocycles. The maximum atomic E-state index is 11.7. The molecule has 0 bridgehead atoms. The Kier molecular flexibility index (Phi) is 7.46. The van der Waals surface area contributed by atoms with Crippen LogP contribution in [0.1, 0.15) is 50.2 Å². The fourth-order valence-electron chi connectivity index (χ4n) is 1.85. The average molecular weight is 273 g/mol. The highest BCUT2D eigenvalue weighted by molar-refractivity contribution is 5.90. The van der Waals surface area contributed by atoms with Crippen LogP contribution in [0.25, 0.3) is 0 Å². The lowest BCUT2D eigenvalue weighted by molar-refractivity contribution is -0.116. The third-order valence-electron chi connectivity index (χ3n) is 2.98. The standard InChI is InChI=1S/C17H23NO2/c1-3-4-5-9-17(20)18-16-11-10-15(14(2)13-16)8-6-7-12-19/h10-11,13,19H,3-5,7,9,12H2,1-2H3,(H,18,20). The van der Waals surface area contributed by atoms with E-state index in [9.17, 15) is 4.79 Å². The number of aryl methyl sites for hydroxylation is 1. The molecule has 0 radical (unpaired) electrons. The molecule has 3 nitrogen and oxygen atoms in total. The van der Waals surface area contributed by atoms with Gasteiger partial charge >= 0.3 is 0 Å². The number of carbonyl (C=O) groups excluding carboxylic acids is 1. The van der Waals surface area contributed by atoms with Crippen molar-refractivity contribution in [3.05, 3.63) is 29.3 Å². The molecule has 3 heteroatoms. The fraction of sp³-hybridized carbons (Fsp3) is 0.471. The number of benzene rings is 1. The van der Waals surface area contributed by atoms with E-state index in [1.807, 2.05) is 25.1 Å². The van der Waals surface area contributed by atoms with Crippen LogP contribution in [0.5, 0.6) is 0 Å². The third-order valence-corrected chi connectivity index (χ3v) is 2.98. The Morgan fingerprint density at radius 2 is 2.15 bits per heavy atom. The van der Waals surface area contributed by atoms with Crippen molar-refractivity contribution in [3.63, 3.8) is 0 Å². The number of amides is 1. The molecule has 0 aliphatic carbocycles. The van der Waals surface area contributed by atoms with Gasteiger partial charge in [0.05, 0.1) is 6.61 Å². The van der Waals surface area contributed by atoms with Crippen LogP contribution in [0.4, 0.5) is 5.69 Å². The Morgan fingerprint density at radius 1 is 1.35 bits per heavy atom. The largest absolute Gasteiger partial charge is 0.395 e. The van der Waals surface area contributed by atoms with Gasteiger partial charge in [0.15, 0.2) is 0 Å². The van der Waals surface area contributed by atoms with Crippen molar-refractivity contribution in [2.45, 2.75) is 46.0 Å². The first-order chi connectivity index (χ1) is 9.67. The van der Waals surface area contributed by atoms with Gasteiger partial charge in [-0.3, -0.25) is 4.79 Å². The van der Waals surface area contributed by atoms with Crippen LogP contribution >= 0.6 is 0 Å². The van der Waals surface area contributed by atoms with E-state index in [-0.39, 0.29) is 12.5 Å². The highest BCUT2D eigenvalue weighted by Crippen LogP contribution is 2.15. The van der Waals surface area contributed by atoms with Crippen molar-refractivity contribution in [3.8, 4) is 11.8 Å². The number of nitrogens with one attached hydrogen (secondary N) is 1.